The number of aromatic nitrogens is 2. The van der Waals surface area contributed by atoms with Gasteiger partial charge >= 0.3 is 0 Å². The van der Waals surface area contributed by atoms with E-state index in [2.05, 4.69) is 10.3 Å². The van der Waals surface area contributed by atoms with Gasteiger partial charge < -0.3 is 14.8 Å². The first-order valence-electron chi connectivity index (χ1n) is 9.57. The number of amides is 1. The summed E-state index contributed by atoms with van der Waals surface area (Å²) < 4.78 is 12.0. The molecule has 32 heavy (non-hydrogen) atoms. The molecule has 0 unspecified atom stereocenters. The highest BCUT2D eigenvalue weighted by Crippen LogP contribution is 2.46. The van der Waals surface area contributed by atoms with Crippen LogP contribution in [0.1, 0.15) is 20.8 Å². The van der Waals surface area contributed by atoms with Gasteiger partial charge in [-0.1, -0.05) is 34.8 Å². The van der Waals surface area contributed by atoms with Crippen molar-refractivity contribution < 1.29 is 14.3 Å². The largest absolute Gasteiger partial charge is 0.495 e. The second-order valence-corrected chi connectivity index (χ2v) is 9.24. The lowest BCUT2D eigenvalue weighted by atomic mass is 10.1. The Hall–Kier alpha value is -2.48. The highest BCUT2D eigenvalue weighted by atomic mass is 35.5. The van der Waals surface area contributed by atoms with E-state index < -0.39 is 11.1 Å². The van der Waals surface area contributed by atoms with E-state index in [0.29, 0.717) is 33.5 Å². The maximum absolute atomic E-state index is 13.5. The van der Waals surface area contributed by atoms with Crippen molar-refractivity contribution in [2.75, 3.05) is 14.2 Å². The molecular formula is C22H22Cl3N3O4. The molecule has 0 bridgehead atoms. The molecular weight excluding hydrogens is 477 g/mol. The number of nitrogens with zero attached hydrogens (tertiary/aromatic N) is 2. The third-order valence-electron chi connectivity index (χ3n) is 4.61. The fourth-order valence-corrected chi connectivity index (χ4v) is 4.15. The molecule has 3 aromatic rings. The summed E-state index contributed by atoms with van der Waals surface area (Å²) in [5.41, 5.74) is -0.330. The Bertz CT molecular complexity index is 1240. The lowest BCUT2D eigenvalue weighted by Crippen LogP contribution is -2.43. The molecule has 2 heterocycles. The Balaban J connectivity index is 2.37. The smallest absolute Gasteiger partial charge is 0.259 e. The highest BCUT2D eigenvalue weighted by molar-refractivity contribution is 6.41. The summed E-state index contributed by atoms with van der Waals surface area (Å²) in [7, 11) is 2.91. The maximum Gasteiger partial charge on any atom is 0.259 e. The standard InChI is InChI=1S/C22H22Cl3N3O4/c1-22(2,3)27-17(29)10-28-13(6-11-9-26-16(23)7-12(11)21(28)30)18-19(24)14(31-4)8-15(32-5)20(18)25/h6-9H,10H2,1-5H3,(H,27,29). The number of rotatable bonds is 5. The number of nitrogens with one attached hydrogen (secondary N) is 1. The van der Waals surface area contributed by atoms with Gasteiger partial charge in [0.15, 0.2) is 0 Å². The van der Waals surface area contributed by atoms with Crippen molar-refractivity contribution in [2.45, 2.75) is 32.9 Å². The van der Waals surface area contributed by atoms with Crippen molar-refractivity contribution in [3.8, 4) is 22.8 Å². The van der Waals surface area contributed by atoms with Crippen LogP contribution in [0, 0.1) is 0 Å². The minimum Gasteiger partial charge on any atom is -0.495 e. The summed E-state index contributed by atoms with van der Waals surface area (Å²) in [6, 6.07) is 4.68. The van der Waals surface area contributed by atoms with Gasteiger partial charge in [0.05, 0.1) is 35.3 Å². The Morgan fingerprint density at radius 2 is 1.66 bits per heavy atom. The van der Waals surface area contributed by atoms with Crippen LogP contribution >= 0.6 is 34.8 Å². The van der Waals surface area contributed by atoms with Gasteiger partial charge in [0.25, 0.3) is 5.56 Å². The van der Waals surface area contributed by atoms with E-state index >= 15 is 0 Å². The van der Waals surface area contributed by atoms with Gasteiger partial charge in [-0.3, -0.25) is 14.2 Å². The van der Waals surface area contributed by atoms with Gasteiger partial charge in [0, 0.05) is 28.8 Å². The predicted octanol–water partition coefficient (Wildman–Crippen LogP) is 4.96. The topological polar surface area (TPSA) is 82.5 Å². The van der Waals surface area contributed by atoms with Crippen molar-refractivity contribution in [1.29, 1.82) is 0 Å². The Morgan fingerprint density at radius 3 is 2.19 bits per heavy atom. The molecule has 0 aliphatic rings. The van der Waals surface area contributed by atoms with Crippen LogP contribution in [0.25, 0.3) is 22.0 Å². The molecule has 0 saturated heterocycles. The van der Waals surface area contributed by atoms with E-state index in [1.54, 1.807) is 12.1 Å². The Labute approximate surface area is 200 Å². The molecule has 170 valence electrons. The minimum absolute atomic E-state index is 0.159. The molecule has 2 aromatic heterocycles. The molecule has 0 aliphatic carbocycles. The van der Waals surface area contributed by atoms with E-state index in [1.165, 1.54) is 31.0 Å². The summed E-state index contributed by atoms with van der Waals surface area (Å²) >= 11 is 19.2. The molecule has 0 aliphatic heterocycles. The molecule has 0 saturated carbocycles. The summed E-state index contributed by atoms with van der Waals surface area (Å²) in [5.74, 6) is 0.244. The van der Waals surface area contributed by atoms with Crippen LogP contribution in [-0.2, 0) is 11.3 Å². The van der Waals surface area contributed by atoms with Crippen LogP contribution in [0.3, 0.4) is 0 Å². The lowest BCUT2D eigenvalue weighted by molar-refractivity contribution is -0.123. The number of hydrogen-bond acceptors (Lipinski definition) is 5. The number of pyridine rings is 2. The summed E-state index contributed by atoms with van der Waals surface area (Å²) in [4.78, 5) is 30.3. The second-order valence-electron chi connectivity index (χ2n) is 8.10. The molecule has 1 aromatic carbocycles. The number of halogens is 3. The van der Waals surface area contributed by atoms with Crippen molar-refractivity contribution >= 4 is 51.5 Å². The Morgan fingerprint density at radius 1 is 1.06 bits per heavy atom. The van der Waals surface area contributed by atoms with Crippen LogP contribution in [-0.4, -0.2) is 35.2 Å². The SMILES string of the molecule is COc1cc(OC)c(Cl)c(-c2cc3cnc(Cl)cc3c(=O)n2CC(=O)NC(C)(C)C)c1Cl. The zero-order chi connectivity index (χ0) is 23.8. The fraction of sp³-hybridized carbons (Fsp3) is 0.318. The molecule has 0 fully saturated rings. The van der Waals surface area contributed by atoms with Crippen LogP contribution in [0.2, 0.25) is 15.2 Å². The van der Waals surface area contributed by atoms with Crippen LogP contribution in [0.15, 0.2) is 29.2 Å². The average Bonchev–Trinajstić information content (AvgIpc) is 2.70. The summed E-state index contributed by atoms with van der Waals surface area (Å²) in [6.45, 7) is 5.27. The van der Waals surface area contributed by atoms with Crippen LogP contribution < -0.4 is 20.3 Å². The van der Waals surface area contributed by atoms with Gasteiger partial charge in [0.1, 0.15) is 23.2 Å². The first kappa shape index (κ1) is 24.2. The van der Waals surface area contributed by atoms with Gasteiger partial charge in [-0.25, -0.2) is 4.98 Å². The normalized spacial score (nSPS) is 11.5. The van der Waals surface area contributed by atoms with E-state index in [4.69, 9.17) is 44.3 Å². The number of carbonyl (C=O) groups excluding carboxylic acids is 1. The van der Waals surface area contributed by atoms with Gasteiger partial charge in [-0.05, 0) is 32.9 Å². The van der Waals surface area contributed by atoms with Crippen molar-refractivity contribution in [1.82, 2.24) is 14.9 Å². The van der Waals surface area contributed by atoms with Crippen molar-refractivity contribution in [3.05, 3.63) is 49.9 Å². The van der Waals surface area contributed by atoms with Gasteiger partial charge in [0.2, 0.25) is 5.91 Å². The third kappa shape index (κ3) is 4.80. The average molecular weight is 499 g/mol. The zero-order valence-electron chi connectivity index (χ0n) is 18.2. The third-order valence-corrected chi connectivity index (χ3v) is 5.56. The molecule has 1 amide bonds. The lowest BCUT2D eigenvalue weighted by Gasteiger charge is -2.23. The number of fused-ring (bicyclic) bond motifs is 1. The number of benzene rings is 1. The molecule has 1 N–H and O–H groups in total. The zero-order valence-corrected chi connectivity index (χ0v) is 20.4. The molecule has 3 rings (SSSR count). The second kappa shape index (κ2) is 9.17. The maximum atomic E-state index is 13.5. The van der Waals surface area contributed by atoms with Crippen LogP contribution in [0.5, 0.6) is 11.5 Å². The molecule has 0 atom stereocenters. The Kier molecular flexibility index (Phi) is 6.93. The molecule has 0 spiro atoms. The van der Waals surface area contributed by atoms with E-state index in [0.717, 1.165) is 0 Å². The van der Waals surface area contributed by atoms with E-state index in [-0.39, 0.29) is 27.7 Å². The van der Waals surface area contributed by atoms with Crippen molar-refractivity contribution in [2.24, 2.45) is 0 Å². The predicted molar refractivity (Wildman–Crippen MR) is 127 cm³/mol. The van der Waals surface area contributed by atoms with E-state index in [9.17, 15) is 9.59 Å². The monoisotopic (exact) mass is 497 g/mol. The van der Waals surface area contributed by atoms with Crippen molar-refractivity contribution in [3.63, 3.8) is 0 Å². The number of ether oxygens (including phenoxy) is 2. The molecule has 0 radical (unpaired) electrons. The van der Waals surface area contributed by atoms with Gasteiger partial charge in [-0.2, -0.15) is 0 Å². The number of carbonyl (C=O) groups is 1. The fourth-order valence-electron chi connectivity index (χ4n) is 3.30. The minimum atomic E-state index is -0.487. The first-order chi connectivity index (χ1) is 15.0. The number of methoxy groups -OCH3 is 2. The molecule has 7 nitrogen and oxygen atoms in total. The van der Waals surface area contributed by atoms with E-state index in [1.807, 2.05) is 20.8 Å². The summed E-state index contributed by atoms with van der Waals surface area (Å²) in [6.07, 6.45) is 1.47. The quantitative estimate of drug-likeness (QED) is 0.503. The first-order valence-corrected chi connectivity index (χ1v) is 10.7. The summed E-state index contributed by atoms with van der Waals surface area (Å²) in [5, 5.41) is 4.17. The van der Waals surface area contributed by atoms with Gasteiger partial charge in [-0.15, -0.1) is 0 Å². The number of hydrogen-bond donors (Lipinski definition) is 1. The molecule has 10 heteroatoms. The highest BCUT2D eigenvalue weighted by Gasteiger charge is 2.24. The van der Waals surface area contributed by atoms with Crippen LogP contribution in [0.4, 0.5) is 0 Å².